The van der Waals surface area contributed by atoms with E-state index in [-0.39, 0.29) is 0 Å². The molecule has 7 heavy (non-hydrogen) atoms. The van der Waals surface area contributed by atoms with E-state index in [0.717, 1.165) is 5.92 Å². The van der Waals surface area contributed by atoms with E-state index in [0.29, 0.717) is 0 Å². The number of hydrogen-bond acceptors (Lipinski definition) is 0. The van der Waals surface area contributed by atoms with Gasteiger partial charge in [-0.15, -0.1) is 0 Å². The highest BCUT2D eigenvalue weighted by Gasteiger charge is 2.18. The molecule has 0 aliphatic heterocycles. The number of allylic oxidation sites excluding steroid dienone is 1. The van der Waals surface area contributed by atoms with Crippen molar-refractivity contribution < 1.29 is 0 Å². The second-order valence-corrected chi connectivity index (χ2v) is 2.30. The van der Waals surface area contributed by atoms with Crippen LogP contribution in [0, 0.1) is 5.92 Å². The standard InChI is InChI=1S/C7H12/c1-3-7-5-4-6(7)2/h7H,2-5H2,1H3. The van der Waals surface area contributed by atoms with Crippen LogP contribution in [0.4, 0.5) is 0 Å². The highest BCUT2D eigenvalue weighted by Crippen LogP contribution is 2.33. The summed E-state index contributed by atoms with van der Waals surface area (Å²) >= 11 is 0. The Morgan fingerprint density at radius 1 is 1.86 bits per heavy atom. The van der Waals surface area contributed by atoms with Gasteiger partial charge < -0.3 is 0 Å². The molecule has 0 heteroatoms. The lowest BCUT2D eigenvalue weighted by atomic mass is 9.79. The molecule has 1 aliphatic rings. The van der Waals surface area contributed by atoms with E-state index in [1.165, 1.54) is 24.8 Å². The molecule has 1 fully saturated rings. The maximum atomic E-state index is 3.91. The summed E-state index contributed by atoms with van der Waals surface area (Å²) in [5, 5.41) is 0. The van der Waals surface area contributed by atoms with Gasteiger partial charge in [-0.25, -0.2) is 0 Å². The van der Waals surface area contributed by atoms with Crippen LogP contribution in [0.15, 0.2) is 12.2 Å². The van der Waals surface area contributed by atoms with Gasteiger partial charge in [-0.2, -0.15) is 0 Å². The fourth-order valence-electron chi connectivity index (χ4n) is 1.05. The fourth-order valence-corrected chi connectivity index (χ4v) is 1.05. The monoisotopic (exact) mass is 96.1 g/mol. The quantitative estimate of drug-likeness (QED) is 0.439. The Labute approximate surface area is 45.2 Å². The second kappa shape index (κ2) is 1.69. The van der Waals surface area contributed by atoms with Crippen molar-refractivity contribution in [3.8, 4) is 0 Å². The maximum absolute atomic E-state index is 3.91. The second-order valence-electron chi connectivity index (χ2n) is 2.30. The summed E-state index contributed by atoms with van der Waals surface area (Å²) in [6, 6.07) is 0. The third-order valence-corrected chi connectivity index (χ3v) is 1.88. The summed E-state index contributed by atoms with van der Waals surface area (Å²) in [5.74, 6) is 0.889. The van der Waals surface area contributed by atoms with Gasteiger partial charge in [0.15, 0.2) is 0 Å². The first-order valence-electron chi connectivity index (χ1n) is 3.02. The topological polar surface area (TPSA) is 0 Å². The Morgan fingerprint density at radius 2 is 2.57 bits per heavy atom. The lowest BCUT2D eigenvalue weighted by molar-refractivity contribution is 0.433. The molecule has 1 atom stereocenters. The van der Waals surface area contributed by atoms with E-state index in [9.17, 15) is 0 Å². The van der Waals surface area contributed by atoms with Gasteiger partial charge >= 0.3 is 0 Å². The van der Waals surface area contributed by atoms with Gasteiger partial charge in [0.05, 0.1) is 0 Å². The predicted octanol–water partition coefficient (Wildman–Crippen LogP) is 2.36. The normalized spacial score (nSPS) is 29.9. The van der Waals surface area contributed by atoms with Gasteiger partial charge in [-0.1, -0.05) is 19.1 Å². The first-order chi connectivity index (χ1) is 3.34. The molecule has 1 saturated carbocycles. The largest absolute Gasteiger partial charge is 0.0996 e. The molecule has 0 aromatic rings. The summed E-state index contributed by atoms with van der Waals surface area (Å²) < 4.78 is 0. The van der Waals surface area contributed by atoms with E-state index in [2.05, 4.69) is 13.5 Å². The zero-order chi connectivity index (χ0) is 5.28. The lowest BCUT2D eigenvalue weighted by Crippen LogP contribution is -2.12. The molecular formula is C7H12. The van der Waals surface area contributed by atoms with Crippen molar-refractivity contribution in [1.82, 2.24) is 0 Å². The van der Waals surface area contributed by atoms with Gasteiger partial charge in [0.2, 0.25) is 0 Å². The Kier molecular flexibility index (Phi) is 1.18. The van der Waals surface area contributed by atoms with Crippen molar-refractivity contribution in [3.05, 3.63) is 12.2 Å². The molecule has 1 aliphatic carbocycles. The third-order valence-electron chi connectivity index (χ3n) is 1.88. The average Bonchev–Trinajstić information content (AvgIpc) is 1.65. The van der Waals surface area contributed by atoms with Crippen LogP contribution in [0.3, 0.4) is 0 Å². The fraction of sp³-hybridized carbons (Fsp3) is 0.714. The smallest absolute Gasteiger partial charge is 0.0205 e. The van der Waals surface area contributed by atoms with Crippen molar-refractivity contribution in [2.45, 2.75) is 26.2 Å². The lowest BCUT2D eigenvalue weighted by Gasteiger charge is -2.27. The molecule has 0 aromatic heterocycles. The molecule has 1 unspecified atom stereocenters. The molecule has 0 N–H and O–H groups in total. The van der Waals surface area contributed by atoms with Crippen molar-refractivity contribution in [1.29, 1.82) is 0 Å². The SMILES string of the molecule is C=C1CCC1CC. The molecular weight excluding hydrogens is 84.1 g/mol. The summed E-state index contributed by atoms with van der Waals surface area (Å²) in [7, 11) is 0. The predicted molar refractivity (Wildman–Crippen MR) is 32.2 cm³/mol. The first kappa shape index (κ1) is 4.89. The summed E-state index contributed by atoms with van der Waals surface area (Å²) in [6.07, 6.45) is 3.99. The third kappa shape index (κ3) is 0.696. The van der Waals surface area contributed by atoms with E-state index in [1.54, 1.807) is 0 Å². The van der Waals surface area contributed by atoms with E-state index < -0.39 is 0 Å². The van der Waals surface area contributed by atoms with Crippen LogP contribution >= 0.6 is 0 Å². The maximum Gasteiger partial charge on any atom is -0.0205 e. The molecule has 0 heterocycles. The van der Waals surface area contributed by atoms with Crippen LogP contribution in [0.2, 0.25) is 0 Å². The molecule has 40 valence electrons. The zero-order valence-corrected chi connectivity index (χ0v) is 4.91. The molecule has 0 radical (unpaired) electrons. The molecule has 0 aromatic carbocycles. The minimum absolute atomic E-state index is 0.889. The van der Waals surface area contributed by atoms with Crippen LogP contribution < -0.4 is 0 Å². The average molecular weight is 96.2 g/mol. The Morgan fingerprint density at radius 3 is 2.57 bits per heavy atom. The summed E-state index contributed by atoms with van der Waals surface area (Å²) in [4.78, 5) is 0. The zero-order valence-electron chi connectivity index (χ0n) is 4.91. The van der Waals surface area contributed by atoms with Crippen molar-refractivity contribution >= 4 is 0 Å². The Bertz CT molecular complexity index is 80.0. The van der Waals surface area contributed by atoms with Gasteiger partial charge in [0.25, 0.3) is 0 Å². The first-order valence-corrected chi connectivity index (χ1v) is 3.02. The van der Waals surface area contributed by atoms with E-state index in [1.807, 2.05) is 0 Å². The van der Waals surface area contributed by atoms with Crippen LogP contribution in [0.5, 0.6) is 0 Å². The summed E-state index contributed by atoms with van der Waals surface area (Å²) in [6.45, 7) is 6.14. The van der Waals surface area contributed by atoms with Crippen LogP contribution in [-0.2, 0) is 0 Å². The molecule has 0 spiro atoms. The molecule has 0 saturated heterocycles. The van der Waals surface area contributed by atoms with Crippen LogP contribution in [0.1, 0.15) is 26.2 Å². The van der Waals surface area contributed by atoms with Crippen LogP contribution in [-0.4, -0.2) is 0 Å². The number of hydrogen-bond donors (Lipinski definition) is 0. The highest BCUT2D eigenvalue weighted by molar-refractivity contribution is 5.09. The van der Waals surface area contributed by atoms with Crippen molar-refractivity contribution in [3.63, 3.8) is 0 Å². The van der Waals surface area contributed by atoms with Crippen molar-refractivity contribution in [2.75, 3.05) is 0 Å². The number of rotatable bonds is 1. The highest BCUT2D eigenvalue weighted by atomic mass is 14.2. The Hall–Kier alpha value is -0.260. The molecule has 0 amide bonds. The minimum Gasteiger partial charge on any atom is -0.0996 e. The van der Waals surface area contributed by atoms with E-state index >= 15 is 0 Å². The van der Waals surface area contributed by atoms with Gasteiger partial charge in [-0.05, 0) is 25.2 Å². The van der Waals surface area contributed by atoms with Crippen LogP contribution in [0.25, 0.3) is 0 Å². The van der Waals surface area contributed by atoms with Gasteiger partial charge in [-0.3, -0.25) is 0 Å². The Balaban J connectivity index is 2.29. The van der Waals surface area contributed by atoms with Gasteiger partial charge in [0.1, 0.15) is 0 Å². The minimum atomic E-state index is 0.889. The molecule has 0 nitrogen and oxygen atoms in total. The van der Waals surface area contributed by atoms with Crippen molar-refractivity contribution in [2.24, 2.45) is 5.92 Å². The molecule has 1 rings (SSSR count). The summed E-state index contributed by atoms with van der Waals surface area (Å²) in [5.41, 5.74) is 1.47. The van der Waals surface area contributed by atoms with Gasteiger partial charge in [0, 0.05) is 0 Å². The molecule has 0 bridgehead atoms. The van der Waals surface area contributed by atoms with E-state index in [4.69, 9.17) is 0 Å².